The fraction of sp³-hybridized carbons (Fsp3) is 0.500. The predicted molar refractivity (Wildman–Crippen MR) is 76.1 cm³/mol. The Bertz CT molecular complexity index is 428. The summed E-state index contributed by atoms with van der Waals surface area (Å²) in [5.41, 5.74) is 1.57. The van der Waals surface area contributed by atoms with Crippen LogP contribution in [0, 0.1) is 0 Å². The van der Waals surface area contributed by atoms with Crippen LogP contribution < -0.4 is 0 Å². The highest BCUT2D eigenvalue weighted by atomic mass is 32.2. The van der Waals surface area contributed by atoms with Crippen LogP contribution in [0.2, 0.25) is 0 Å². The van der Waals surface area contributed by atoms with Crippen LogP contribution in [-0.2, 0) is 16.6 Å². The smallest absolute Gasteiger partial charge is 0.254 e. The highest BCUT2D eigenvalue weighted by Crippen LogP contribution is 2.14. The summed E-state index contributed by atoms with van der Waals surface area (Å²) in [6.45, 7) is 7.22. The molecule has 1 unspecified atom stereocenters. The highest BCUT2D eigenvalue weighted by molar-refractivity contribution is 7.84. The molecule has 1 aromatic carbocycles. The maximum atomic E-state index is 12.3. The van der Waals surface area contributed by atoms with E-state index < -0.39 is 10.8 Å². The van der Waals surface area contributed by atoms with E-state index in [9.17, 15) is 9.00 Å². The molecular formula is C14H21NO2S. The van der Waals surface area contributed by atoms with Crippen molar-refractivity contribution in [2.75, 3.05) is 18.8 Å². The standard InChI is InChI=1S/C14H21NO2S/c1-4-15(5-2)14(16)13-10-8-7-9-12(13)11-18(17)6-3/h7-10H,4-6,11H2,1-3H3. The van der Waals surface area contributed by atoms with E-state index in [0.717, 1.165) is 5.56 Å². The van der Waals surface area contributed by atoms with E-state index in [-0.39, 0.29) is 5.91 Å². The average Bonchev–Trinajstić information content (AvgIpc) is 2.40. The Morgan fingerprint density at radius 2 is 1.78 bits per heavy atom. The van der Waals surface area contributed by atoms with Crippen LogP contribution in [-0.4, -0.2) is 33.9 Å². The second kappa shape index (κ2) is 7.31. The van der Waals surface area contributed by atoms with Crippen LogP contribution in [0.5, 0.6) is 0 Å². The van der Waals surface area contributed by atoms with Gasteiger partial charge in [0, 0.05) is 41.0 Å². The van der Waals surface area contributed by atoms with E-state index in [1.165, 1.54) is 0 Å². The minimum absolute atomic E-state index is 0.0312. The van der Waals surface area contributed by atoms with Crippen molar-refractivity contribution >= 4 is 16.7 Å². The predicted octanol–water partition coefficient (Wildman–Crippen LogP) is 2.44. The van der Waals surface area contributed by atoms with E-state index in [1.54, 1.807) is 4.90 Å². The second-order valence-electron chi connectivity index (χ2n) is 4.01. The first-order chi connectivity index (χ1) is 8.63. The fourth-order valence-corrected chi connectivity index (χ4v) is 2.61. The molecule has 0 aromatic heterocycles. The van der Waals surface area contributed by atoms with E-state index in [1.807, 2.05) is 45.0 Å². The summed E-state index contributed by atoms with van der Waals surface area (Å²) in [4.78, 5) is 14.1. The van der Waals surface area contributed by atoms with Crippen LogP contribution in [0.1, 0.15) is 36.7 Å². The maximum Gasteiger partial charge on any atom is 0.254 e. The summed E-state index contributed by atoms with van der Waals surface area (Å²) in [5.74, 6) is 1.11. The molecule has 1 rings (SSSR count). The van der Waals surface area contributed by atoms with Crippen molar-refractivity contribution in [1.82, 2.24) is 4.90 Å². The zero-order chi connectivity index (χ0) is 13.5. The van der Waals surface area contributed by atoms with Crippen molar-refractivity contribution in [3.05, 3.63) is 35.4 Å². The molecule has 0 bridgehead atoms. The largest absolute Gasteiger partial charge is 0.339 e. The normalized spacial score (nSPS) is 12.2. The lowest BCUT2D eigenvalue weighted by Gasteiger charge is -2.20. The van der Waals surface area contributed by atoms with Gasteiger partial charge in [0.05, 0.1) is 0 Å². The SMILES string of the molecule is CCN(CC)C(=O)c1ccccc1CS(=O)CC. The van der Waals surface area contributed by atoms with Gasteiger partial charge in [-0.2, -0.15) is 0 Å². The zero-order valence-electron chi connectivity index (χ0n) is 11.3. The Morgan fingerprint density at radius 3 is 2.33 bits per heavy atom. The summed E-state index contributed by atoms with van der Waals surface area (Å²) in [6.07, 6.45) is 0. The minimum Gasteiger partial charge on any atom is -0.339 e. The van der Waals surface area contributed by atoms with E-state index in [0.29, 0.717) is 30.2 Å². The summed E-state index contributed by atoms with van der Waals surface area (Å²) < 4.78 is 11.7. The molecule has 100 valence electrons. The molecule has 4 heteroatoms. The lowest BCUT2D eigenvalue weighted by molar-refractivity contribution is 0.0772. The molecule has 0 radical (unpaired) electrons. The van der Waals surface area contributed by atoms with Crippen LogP contribution in [0.3, 0.4) is 0 Å². The highest BCUT2D eigenvalue weighted by Gasteiger charge is 2.16. The summed E-state index contributed by atoms with van der Waals surface area (Å²) >= 11 is 0. The Balaban J connectivity index is 3.01. The first-order valence-electron chi connectivity index (χ1n) is 6.36. The van der Waals surface area contributed by atoms with Gasteiger partial charge < -0.3 is 4.90 Å². The average molecular weight is 267 g/mol. The molecule has 3 nitrogen and oxygen atoms in total. The van der Waals surface area contributed by atoms with Gasteiger partial charge >= 0.3 is 0 Å². The minimum atomic E-state index is -0.893. The van der Waals surface area contributed by atoms with Gasteiger partial charge in [0.25, 0.3) is 5.91 Å². The second-order valence-corrected chi connectivity index (χ2v) is 5.75. The van der Waals surface area contributed by atoms with Gasteiger partial charge in [-0.15, -0.1) is 0 Å². The van der Waals surface area contributed by atoms with E-state index in [2.05, 4.69) is 0 Å². The number of carbonyl (C=O) groups excluding carboxylic acids is 1. The number of carbonyl (C=O) groups is 1. The van der Waals surface area contributed by atoms with Gasteiger partial charge in [0.2, 0.25) is 0 Å². The fourth-order valence-electron chi connectivity index (χ4n) is 1.81. The van der Waals surface area contributed by atoms with Crippen molar-refractivity contribution in [3.8, 4) is 0 Å². The van der Waals surface area contributed by atoms with Crippen LogP contribution in [0.15, 0.2) is 24.3 Å². The number of hydrogen-bond acceptors (Lipinski definition) is 2. The number of benzene rings is 1. The summed E-state index contributed by atoms with van der Waals surface area (Å²) in [7, 11) is -0.893. The molecule has 1 atom stereocenters. The molecule has 0 heterocycles. The molecular weight excluding hydrogens is 246 g/mol. The zero-order valence-corrected chi connectivity index (χ0v) is 12.1. The number of amides is 1. The molecule has 0 spiro atoms. The number of nitrogens with zero attached hydrogens (tertiary/aromatic N) is 1. The molecule has 0 aliphatic heterocycles. The molecule has 0 fully saturated rings. The molecule has 18 heavy (non-hydrogen) atoms. The van der Waals surface area contributed by atoms with Crippen LogP contribution in [0.4, 0.5) is 0 Å². The molecule has 0 N–H and O–H groups in total. The molecule has 0 saturated carbocycles. The molecule has 1 aromatic rings. The van der Waals surface area contributed by atoms with Gasteiger partial charge in [-0.1, -0.05) is 25.1 Å². The first kappa shape index (κ1) is 14.9. The van der Waals surface area contributed by atoms with Crippen molar-refractivity contribution < 1.29 is 9.00 Å². The van der Waals surface area contributed by atoms with Crippen LogP contribution in [0.25, 0.3) is 0 Å². The Hall–Kier alpha value is -1.16. The topological polar surface area (TPSA) is 37.4 Å². The van der Waals surface area contributed by atoms with Gasteiger partial charge in [-0.3, -0.25) is 9.00 Å². The van der Waals surface area contributed by atoms with Crippen LogP contribution >= 0.6 is 0 Å². The maximum absolute atomic E-state index is 12.3. The molecule has 0 aliphatic rings. The van der Waals surface area contributed by atoms with Gasteiger partial charge in [-0.05, 0) is 25.5 Å². The third kappa shape index (κ3) is 3.67. The monoisotopic (exact) mass is 267 g/mol. The summed E-state index contributed by atoms with van der Waals surface area (Å²) in [5, 5.41) is 0. The van der Waals surface area contributed by atoms with Crippen molar-refractivity contribution in [2.45, 2.75) is 26.5 Å². The number of hydrogen-bond donors (Lipinski definition) is 0. The molecule has 0 aliphatic carbocycles. The van der Waals surface area contributed by atoms with E-state index >= 15 is 0 Å². The van der Waals surface area contributed by atoms with Gasteiger partial charge in [-0.25, -0.2) is 0 Å². The Kier molecular flexibility index (Phi) is 6.05. The quantitative estimate of drug-likeness (QED) is 0.794. The molecule has 1 amide bonds. The van der Waals surface area contributed by atoms with Crippen molar-refractivity contribution in [2.24, 2.45) is 0 Å². The summed E-state index contributed by atoms with van der Waals surface area (Å²) in [6, 6.07) is 7.46. The Labute approximate surface area is 112 Å². The van der Waals surface area contributed by atoms with Gasteiger partial charge in [0.1, 0.15) is 0 Å². The van der Waals surface area contributed by atoms with Crippen molar-refractivity contribution in [1.29, 1.82) is 0 Å². The number of rotatable bonds is 6. The lowest BCUT2D eigenvalue weighted by Crippen LogP contribution is -2.31. The van der Waals surface area contributed by atoms with E-state index in [4.69, 9.17) is 0 Å². The lowest BCUT2D eigenvalue weighted by atomic mass is 10.1. The molecule has 0 saturated heterocycles. The Morgan fingerprint density at radius 1 is 1.17 bits per heavy atom. The van der Waals surface area contributed by atoms with Gasteiger partial charge in [0.15, 0.2) is 0 Å². The third-order valence-electron chi connectivity index (χ3n) is 2.94. The first-order valence-corrected chi connectivity index (χ1v) is 7.84. The van der Waals surface area contributed by atoms with Crippen molar-refractivity contribution in [3.63, 3.8) is 0 Å². The third-order valence-corrected chi connectivity index (χ3v) is 4.21.